The molecular formula is C13H11F3N4O3S. The summed E-state index contributed by atoms with van der Waals surface area (Å²) in [5, 5.41) is 7.97. The zero-order valence-electron chi connectivity index (χ0n) is 12.4. The van der Waals surface area contributed by atoms with Crippen LogP contribution in [-0.2, 0) is 17.2 Å². The molecule has 3 aromatic rings. The molecule has 11 heteroatoms. The van der Waals surface area contributed by atoms with Gasteiger partial charge in [-0.25, -0.2) is 4.52 Å². The second-order valence-electron chi connectivity index (χ2n) is 5.10. The van der Waals surface area contributed by atoms with Crippen LogP contribution in [-0.4, -0.2) is 33.3 Å². The first-order chi connectivity index (χ1) is 11.1. The predicted molar refractivity (Wildman–Crippen MR) is 77.7 cm³/mol. The lowest BCUT2D eigenvalue weighted by Crippen LogP contribution is -2.28. The van der Waals surface area contributed by atoms with Gasteiger partial charge in [0.25, 0.3) is 0 Å². The molecule has 7 nitrogen and oxygen atoms in total. The van der Waals surface area contributed by atoms with Gasteiger partial charge in [0.05, 0.1) is 12.4 Å². The molecule has 0 amide bonds. The minimum Gasteiger partial charge on any atom is -0.374 e. The Balaban J connectivity index is 2.20. The number of fused-ring (bicyclic) bond motifs is 1. The first-order valence-corrected chi connectivity index (χ1v) is 7.97. The highest BCUT2D eigenvalue weighted by atomic mass is 32.2. The molecule has 0 aliphatic carbocycles. The number of nitrogens with zero attached hydrogens (tertiary/aromatic N) is 4. The lowest BCUT2D eigenvalue weighted by atomic mass is 10.1. The van der Waals surface area contributed by atoms with E-state index in [4.69, 9.17) is 0 Å². The maximum absolute atomic E-state index is 12.6. The fourth-order valence-electron chi connectivity index (χ4n) is 2.19. The number of aromatic nitrogens is 4. The molecular weight excluding hydrogens is 349 g/mol. The smallest absolute Gasteiger partial charge is 0.374 e. The van der Waals surface area contributed by atoms with Crippen molar-refractivity contribution < 1.29 is 25.8 Å². The molecule has 0 fully saturated rings. The highest BCUT2D eigenvalue weighted by Crippen LogP contribution is 2.33. The molecule has 24 heavy (non-hydrogen) atoms. The Morgan fingerprint density at radius 2 is 1.83 bits per heavy atom. The van der Waals surface area contributed by atoms with Crippen molar-refractivity contribution in [2.45, 2.75) is 12.4 Å². The van der Waals surface area contributed by atoms with Crippen LogP contribution in [0.4, 0.5) is 13.2 Å². The van der Waals surface area contributed by atoms with E-state index in [9.17, 15) is 21.6 Å². The molecule has 0 bridgehead atoms. The second kappa shape index (κ2) is 5.23. The van der Waals surface area contributed by atoms with Crippen molar-refractivity contribution in [2.24, 2.45) is 7.05 Å². The molecule has 0 atom stereocenters. The highest BCUT2D eigenvalue weighted by molar-refractivity contribution is 7.88. The zero-order valence-corrected chi connectivity index (χ0v) is 13.3. The van der Waals surface area contributed by atoms with Crippen molar-refractivity contribution in [2.75, 3.05) is 0 Å². The van der Waals surface area contributed by atoms with Gasteiger partial charge in [-0.2, -0.15) is 31.8 Å². The van der Waals surface area contributed by atoms with Crippen LogP contribution in [0, 0.1) is 6.92 Å². The molecule has 0 unspecified atom stereocenters. The standard InChI is InChI=1S/C13H11F3N4O3S/c1-8-4-18-20-7-9(10-5-17-19(2)6-10)3-11(12(8)20)23-24(21,22)13(14,15)16/h3-7H,1-2H3. The Hall–Kier alpha value is -2.56. The molecule has 0 aliphatic rings. The Morgan fingerprint density at radius 3 is 2.42 bits per heavy atom. The van der Waals surface area contributed by atoms with E-state index in [2.05, 4.69) is 14.4 Å². The Kier molecular flexibility index (Phi) is 3.55. The van der Waals surface area contributed by atoms with Crippen molar-refractivity contribution in [1.29, 1.82) is 0 Å². The van der Waals surface area contributed by atoms with Crippen molar-refractivity contribution in [1.82, 2.24) is 19.4 Å². The van der Waals surface area contributed by atoms with Gasteiger partial charge in [0.1, 0.15) is 5.52 Å². The van der Waals surface area contributed by atoms with E-state index >= 15 is 0 Å². The quantitative estimate of drug-likeness (QED) is 0.529. The number of alkyl halides is 3. The Labute approximate surface area is 134 Å². The maximum Gasteiger partial charge on any atom is 0.534 e. The molecule has 0 saturated carbocycles. The van der Waals surface area contributed by atoms with Crippen LogP contribution in [0.3, 0.4) is 0 Å². The van der Waals surface area contributed by atoms with Crippen LogP contribution in [0.2, 0.25) is 0 Å². The van der Waals surface area contributed by atoms with Gasteiger partial charge in [0, 0.05) is 30.6 Å². The van der Waals surface area contributed by atoms with Gasteiger partial charge >= 0.3 is 15.6 Å². The molecule has 0 aliphatic heterocycles. The first kappa shape index (κ1) is 16.3. The van der Waals surface area contributed by atoms with Crippen LogP contribution in [0.5, 0.6) is 5.75 Å². The topological polar surface area (TPSA) is 78.5 Å². The van der Waals surface area contributed by atoms with E-state index in [1.54, 1.807) is 26.4 Å². The van der Waals surface area contributed by atoms with Gasteiger partial charge in [-0.05, 0) is 18.6 Å². The van der Waals surface area contributed by atoms with Gasteiger partial charge < -0.3 is 4.18 Å². The van der Waals surface area contributed by atoms with E-state index in [-0.39, 0.29) is 5.52 Å². The van der Waals surface area contributed by atoms with Crippen molar-refractivity contribution in [3.05, 3.63) is 36.4 Å². The molecule has 0 radical (unpaired) electrons. The lowest BCUT2D eigenvalue weighted by Gasteiger charge is -2.12. The molecule has 0 spiro atoms. The van der Waals surface area contributed by atoms with E-state index < -0.39 is 21.4 Å². The summed E-state index contributed by atoms with van der Waals surface area (Å²) in [6.45, 7) is 1.58. The van der Waals surface area contributed by atoms with Crippen LogP contribution in [0.15, 0.2) is 30.9 Å². The highest BCUT2D eigenvalue weighted by Gasteiger charge is 2.48. The van der Waals surface area contributed by atoms with Crippen LogP contribution in [0.1, 0.15) is 5.56 Å². The van der Waals surface area contributed by atoms with Crippen molar-refractivity contribution in [3.63, 3.8) is 0 Å². The average Bonchev–Trinajstić information content (AvgIpc) is 3.04. The number of hydrogen-bond donors (Lipinski definition) is 0. The minimum absolute atomic E-state index is 0.135. The summed E-state index contributed by atoms with van der Waals surface area (Å²) in [5.41, 5.74) is -3.94. The zero-order chi connectivity index (χ0) is 17.7. The summed E-state index contributed by atoms with van der Waals surface area (Å²) >= 11 is 0. The van der Waals surface area contributed by atoms with E-state index in [0.717, 1.165) is 0 Å². The molecule has 3 aromatic heterocycles. The molecule has 3 heterocycles. The minimum atomic E-state index is -5.79. The fourth-order valence-corrected chi connectivity index (χ4v) is 2.65. The number of aryl methyl sites for hydroxylation is 2. The van der Waals surface area contributed by atoms with Crippen LogP contribution in [0.25, 0.3) is 16.6 Å². The Morgan fingerprint density at radius 1 is 1.12 bits per heavy atom. The molecule has 128 valence electrons. The van der Waals surface area contributed by atoms with Gasteiger partial charge in [0.2, 0.25) is 0 Å². The van der Waals surface area contributed by atoms with E-state index in [1.807, 2.05) is 0 Å². The lowest BCUT2D eigenvalue weighted by molar-refractivity contribution is -0.0499. The third-order valence-corrected chi connectivity index (χ3v) is 4.25. The van der Waals surface area contributed by atoms with Crippen molar-refractivity contribution >= 4 is 15.6 Å². The third kappa shape index (κ3) is 2.70. The Bertz CT molecular complexity index is 1020. The van der Waals surface area contributed by atoms with E-state index in [1.165, 1.54) is 27.7 Å². The number of halogens is 3. The third-order valence-electron chi connectivity index (χ3n) is 3.28. The first-order valence-electron chi connectivity index (χ1n) is 6.56. The molecule has 0 saturated heterocycles. The monoisotopic (exact) mass is 360 g/mol. The van der Waals surface area contributed by atoms with Crippen molar-refractivity contribution in [3.8, 4) is 16.9 Å². The molecule has 0 N–H and O–H groups in total. The summed E-state index contributed by atoms with van der Waals surface area (Å²) < 4.78 is 67.7. The molecule has 0 aromatic carbocycles. The second-order valence-corrected chi connectivity index (χ2v) is 6.64. The average molecular weight is 360 g/mol. The summed E-state index contributed by atoms with van der Waals surface area (Å²) in [6.07, 6.45) is 6.06. The largest absolute Gasteiger partial charge is 0.534 e. The SMILES string of the molecule is Cc1cnn2cc(-c3cnn(C)c3)cc(OS(=O)(=O)C(F)(F)F)c12. The normalized spacial score (nSPS) is 12.7. The van der Waals surface area contributed by atoms with Gasteiger partial charge in [-0.15, -0.1) is 0 Å². The number of rotatable bonds is 3. The molecule has 3 rings (SSSR count). The van der Waals surface area contributed by atoms with Gasteiger partial charge in [0.15, 0.2) is 5.75 Å². The summed E-state index contributed by atoms with van der Waals surface area (Å²) in [4.78, 5) is 0. The van der Waals surface area contributed by atoms with E-state index in [0.29, 0.717) is 16.7 Å². The van der Waals surface area contributed by atoms with Crippen LogP contribution >= 0.6 is 0 Å². The van der Waals surface area contributed by atoms with Gasteiger partial charge in [-0.3, -0.25) is 4.68 Å². The fraction of sp³-hybridized carbons (Fsp3) is 0.231. The number of hydrogen-bond acceptors (Lipinski definition) is 5. The van der Waals surface area contributed by atoms with Crippen LogP contribution < -0.4 is 4.18 Å². The maximum atomic E-state index is 12.6. The summed E-state index contributed by atoms with van der Waals surface area (Å²) in [6, 6.07) is 1.21. The number of pyridine rings is 1. The summed E-state index contributed by atoms with van der Waals surface area (Å²) in [7, 11) is -4.12. The summed E-state index contributed by atoms with van der Waals surface area (Å²) in [5.74, 6) is -0.455. The van der Waals surface area contributed by atoms with Gasteiger partial charge in [-0.1, -0.05) is 0 Å². The predicted octanol–water partition coefficient (Wildman–Crippen LogP) is 2.27.